The molecule has 3 aromatic carbocycles. The molecule has 2 N–H and O–H groups in total. The Balaban J connectivity index is 1.58. The maximum absolute atomic E-state index is 12.4. The standard InChI is InChI=1S/C23H21ClN2O2S/c1-15-9-11-17(12-10-15)23(28)25-18-5-3-6-19(13-18)29-14-22(27)26-21-8-4-7-20(24)16(21)2/h3-13H,14H2,1-2H3,(H,25,28)(H,26,27). The highest BCUT2D eigenvalue weighted by molar-refractivity contribution is 8.00. The summed E-state index contributed by atoms with van der Waals surface area (Å²) in [5.74, 6) is -0.0304. The quantitative estimate of drug-likeness (QED) is 0.481. The first kappa shape index (κ1) is 21.0. The summed E-state index contributed by atoms with van der Waals surface area (Å²) >= 11 is 7.49. The molecule has 0 bridgehead atoms. The molecule has 3 rings (SSSR count). The average molecular weight is 425 g/mol. The highest BCUT2D eigenvalue weighted by Gasteiger charge is 2.09. The van der Waals surface area contributed by atoms with E-state index >= 15 is 0 Å². The largest absolute Gasteiger partial charge is 0.325 e. The Morgan fingerprint density at radius 1 is 0.931 bits per heavy atom. The van der Waals surface area contributed by atoms with Crippen molar-refractivity contribution < 1.29 is 9.59 Å². The van der Waals surface area contributed by atoms with Gasteiger partial charge in [-0.1, -0.05) is 41.4 Å². The topological polar surface area (TPSA) is 58.2 Å². The van der Waals surface area contributed by atoms with Crippen molar-refractivity contribution in [3.05, 3.63) is 88.4 Å². The Bertz CT molecular complexity index is 1040. The van der Waals surface area contributed by atoms with Crippen molar-refractivity contribution in [1.82, 2.24) is 0 Å². The van der Waals surface area contributed by atoms with Gasteiger partial charge in [0.15, 0.2) is 0 Å². The zero-order valence-corrected chi connectivity index (χ0v) is 17.7. The van der Waals surface area contributed by atoms with E-state index in [1.54, 1.807) is 24.3 Å². The van der Waals surface area contributed by atoms with Crippen LogP contribution in [0.15, 0.2) is 71.6 Å². The van der Waals surface area contributed by atoms with E-state index in [1.807, 2.05) is 56.3 Å². The van der Waals surface area contributed by atoms with Crippen molar-refractivity contribution >= 4 is 46.6 Å². The molecular formula is C23H21ClN2O2S. The molecule has 0 radical (unpaired) electrons. The summed E-state index contributed by atoms with van der Waals surface area (Å²) in [4.78, 5) is 25.5. The van der Waals surface area contributed by atoms with Crippen LogP contribution in [0, 0.1) is 13.8 Å². The van der Waals surface area contributed by atoms with Crippen LogP contribution < -0.4 is 10.6 Å². The van der Waals surface area contributed by atoms with Gasteiger partial charge in [0.1, 0.15) is 0 Å². The minimum Gasteiger partial charge on any atom is -0.325 e. The molecule has 0 aliphatic heterocycles. The third-order valence-corrected chi connectivity index (χ3v) is 5.72. The highest BCUT2D eigenvalue weighted by Crippen LogP contribution is 2.25. The number of carbonyl (C=O) groups excluding carboxylic acids is 2. The molecule has 0 heterocycles. The van der Waals surface area contributed by atoms with Crippen molar-refractivity contribution in [2.45, 2.75) is 18.7 Å². The summed E-state index contributed by atoms with van der Waals surface area (Å²) in [5.41, 5.74) is 3.94. The van der Waals surface area contributed by atoms with Crippen LogP contribution in [0.5, 0.6) is 0 Å². The van der Waals surface area contributed by atoms with Gasteiger partial charge in [0, 0.05) is 26.9 Å². The fraction of sp³-hybridized carbons (Fsp3) is 0.130. The number of nitrogens with one attached hydrogen (secondary N) is 2. The summed E-state index contributed by atoms with van der Waals surface area (Å²) in [6.45, 7) is 3.84. The third-order valence-electron chi connectivity index (χ3n) is 4.32. The highest BCUT2D eigenvalue weighted by atomic mass is 35.5. The lowest BCUT2D eigenvalue weighted by Gasteiger charge is -2.10. The van der Waals surface area contributed by atoms with Gasteiger partial charge in [-0.2, -0.15) is 0 Å². The minimum absolute atomic E-state index is 0.116. The van der Waals surface area contributed by atoms with E-state index in [0.29, 0.717) is 22.0 Å². The molecule has 0 aliphatic rings. The van der Waals surface area contributed by atoms with Crippen LogP contribution in [-0.2, 0) is 4.79 Å². The van der Waals surface area contributed by atoms with Gasteiger partial charge in [-0.05, 0) is 61.9 Å². The van der Waals surface area contributed by atoms with Crippen LogP contribution in [0.4, 0.5) is 11.4 Å². The second-order valence-electron chi connectivity index (χ2n) is 6.60. The first-order valence-electron chi connectivity index (χ1n) is 9.08. The Morgan fingerprint density at radius 2 is 1.66 bits per heavy atom. The number of amides is 2. The average Bonchev–Trinajstić information content (AvgIpc) is 2.71. The predicted octanol–water partition coefficient (Wildman–Crippen LogP) is 5.94. The molecule has 148 valence electrons. The number of rotatable bonds is 6. The lowest BCUT2D eigenvalue weighted by molar-refractivity contribution is -0.113. The van der Waals surface area contributed by atoms with Crippen molar-refractivity contribution in [3.63, 3.8) is 0 Å². The van der Waals surface area contributed by atoms with Crippen molar-refractivity contribution in [3.8, 4) is 0 Å². The molecule has 0 fully saturated rings. The molecule has 6 heteroatoms. The molecule has 0 atom stereocenters. The fourth-order valence-corrected chi connectivity index (χ4v) is 3.58. The molecule has 0 saturated heterocycles. The molecule has 4 nitrogen and oxygen atoms in total. The van der Waals surface area contributed by atoms with Crippen molar-refractivity contribution in [2.75, 3.05) is 16.4 Å². The molecule has 3 aromatic rings. The lowest BCUT2D eigenvalue weighted by Crippen LogP contribution is -2.15. The van der Waals surface area contributed by atoms with Crippen LogP contribution in [0.1, 0.15) is 21.5 Å². The van der Waals surface area contributed by atoms with Gasteiger partial charge in [0.2, 0.25) is 5.91 Å². The third kappa shape index (κ3) is 5.86. The number of benzene rings is 3. The fourth-order valence-electron chi connectivity index (χ4n) is 2.65. The molecule has 0 aliphatic carbocycles. The maximum atomic E-state index is 12.4. The van der Waals surface area contributed by atoms with Crippen molar-refractivity contribution in [2.24, 2.45) is 0 Å². The van der Waals surface area contributed by atoms with Gasteiger partial charge < -0.3 is 10.6 Å². The predicted molar refractivity (Wildman–Crippen MR) is 121 cm³/mol. The molecule has 2 amide bonds. The smallest absolute Gasteiger partial charge is 0.255 e. The number of anilines is 2. The van der Waals surface area contributed by atoms with Gasteiger partial charge >= 0.3 is 0 Å². The zero-order chi connectivity index (χ0) is 20.8. The van der Waals surface area contributed by atoms with Gasteiger partial charge in [-0.15, -0.1) is 11.8 Å². The minimum atomic E-state index is -0.165. The van der Waals surface area contributed by atoms with E-state index in [-0.39, 0.29) is 17.6 Å². The van der Waals surface area contributed by atoms with E-state index in [9.17, 15) is 9.59 Å². The van der Waals surface area contributed by atoms with E-state index in [2.05, 4.69) is 10.6 Å². The van der Waals surface area contributed by atoms with Crippen LogP contribution in [0.3, 0.4) is 0 Å². The number of carbonyl (C=O) groups is 2. The monoisotopic (exact) mass is 424 g/mol. The van der Waals surface area contributed by atoms with Gasteiger partial charge in [0.05, 0.1) is 5.75 Å². The van der Waals surface area contributed by atoms with Gasteiger partial charge in [0.25, 0.3) is 5.91 Å². The SMILES string of the molecule is Cc1ccc(C(=O)Nc2cccc(SCC(=O)Nc3cccc(Cl)c3C)c2)cc1. The second kappa shape index (κ2) is 9.63. The summed E-state index contributed by atoms with van der Waals surface area (Å²) in [6.07, 6.45) is 0. The summed E-state index contributed by atoms with van der Waals surface area (Å²) < 4.78 is 0. The van der Waals surface area contributed by atoms with E-state index in [0.717, 1.165) is 16.0 Å². The maximum Gasteiger partial charge on any atom is 0.255 e. The number of hydrogen-bond acceptors (Lipinski definition) is 3. The first-order chi connectivity index (χ1) is 13.9. The van der Waals surface area contributed by atoms with E-state index < -0.39 is 0 Å². The van der Waals surface area contributed by atoms with Gasteiger partial charge in [-0.25, -0.2) is 0 Å². The number of aryl methyl sites for hydroxylation is 1. The van der Waals surface area contributed by atoms with Crippen LogP contribution in [-0.4, -0.2) is 17.6 Å². The Hall–Kier alpha value is -2.76. The molecule has 0 aromatic heterocycles. The lowest BCUT2D eigenvalue weighted by atomic mass is 10.1. The van der Waals surface area contributed by atoms with Crippen molar-refractivity contribution in [1.29, 1.82) is 0 Å². The Labute approximate surface area is 179 Å². The molecule has 0 unspecified atom stereocenters. The van der Waals surface area contributed by atoms with E-state index in [1.165, 1.54) is 11.8 Å². The molecular weight excluding hydrogens is 404 g/mol. The Morgan fingerprint density at radius 3 is 2.41 bits per heavy atom. The number of thioether (sulfide) groups is 1. The molecule has 29 heavy (non-hydrogen) atoms. The normalized spacial score (nSPS) is 10.4. The first-order valence-corrected chi connectivity index (χ1v) is 10.4. The van der Waals surface area contributed by atoms with Crippen LogP contribution in [0.25, 0.3) is 0 Å². The van der Waals surface area contributed by atoms with Gasteiger partial charge in [-0.3, -0.25) is 9.59 Å². The summed E-state index contributed by atoms with van der Waals surface area (Å²) in [7, 11) is 0. The molecule has 0 saturated carbocycles. The zero-order valence-electron chi connectivity index (χ0n) is 16.2. The number of halogens is 1. The summed E-state index contributed by atoms with van der Waals surface area (Å²) in [6, 6.07) is 20.3. The van der Waals surface area contributed by atoms with E-state index in [4.69, 9.17) is 11.6 Å². The Kier molecular flexibility index (Phi) is 6.96. The second-order valence-corrected chi connectivity index (χ2v) is 8.05. The van der Waals surface area contributed by atoms with Crippen LogP contribution in [0.2, 0.25) is 5.02 Å². The number of hydrogen-bond donors (Lipinski definition) is 2. The van der Waals surface area contributed by atoms with Crippen LogP contribution >= 0.6 is 23.4 Å². The summed E-state index contributed by atoms with van der Waals surface area (Å²) in [5, 5.41) is 6.39. The molecule has 0 spiro atoms.